The minimum Gasteiger partial charge on any atom is -0.455 e. The molecular weight excluding hydrogens is 168 g/mol. The molecule has 0 amide bonds. The normalized spacial score (nSPS) is 27.3. The Morgan fingerprint density at radius 1 is 1.31 bits per heavy atom. The standard InChI is InChI=1S/C10H10O3/c11-8-6-9(12)13-10(8)7-4-2-1-3-5-7/h1-5,8,10-11H,6H2. The van der Waals surface area contributed by atoms with Gasteiger partial charge in [-0.1, -0.05) is 30.3 Å². The zero-order chi connectivity index (χ0) is 9.26. The molecule has 0 saturated carbocycles. The highest BCUT2D eigenvalue weighted by Gasteiger charge is 2.34. The quantitative estimate of drug-likeness (QED) is 0.653. The molecule has 2 rings (SSSR count). The predicted octanol–water partition coefficient (Wildman–Crippen LogP) is 1.04. The van der Waals surface area contributed by atoms with Gasteiger partial charge in [0.1, 0.15) is 6.10 Å². The molecule has 0 aliphatic carbocycles. The van der Waals surface area contributed by atoms with Crippen molar-refractivity contribution in [3.05, 3.63) is 35.9 Å². The van der Waals surface area contributed by atoms with Crippen LogP contribution >= 0.6 is 0 Å². The van der Waals surface area contributed by atoms with E-state index in [0.29, 0.717) is 0 Å². The van der Waals surface area contributed by atoms with Crippen molar-refractivity contribution in [2.24, 2.45) is 0 Å². The van der Waals surface area contributed by atoms with Crippen LogP contribution in [0.2, 0.25) is 0 Å². The van der Waals surface area contributed by atoms with Gasteiger partial charge in [-0.05, 0) is 5.56 Å². The summed E-state index contributed by atoms with van der Waals surface area (Å²) in [5.41, 5.74) is 0.848. The van der Waals surface area contributed by atoms with Gasteiger partial charge in [-0.2, -0.15) is 0 Å². The van der Waals surface area contributed by atoms with E-state index in [1.807, 2.05) is 30.3 Å². The third-order valence-electron chi connectivity index (χ3n) is 2.11. The SMILES string of the molecule is O=C1CC(O)C(c2ccccc2)O1. The average molecular weight is 178 g/mol. The number of carbonyl (C=O) groups is 1. The van der Waals surface area contributed by atoms with E-state index in [4.69, 9.17) is 4.74 Å². The molecule has 3 heteroatoms. The molecule has 1 saturated heterocycles. The highest BCUT2D eigenvalue weighted by molar-refractivity contribution is 5.72. The largest absolute Gasteiger partial charge is 0.455 e. The van der Waals surface area contributed by atoms with Gasteiger partial charge in [0.15, 0.2) is 6.10 Å². The molecule has 2 unspecified atom stereocenters. The molecule has 68 valence electrons. The van der Waals surface area contributed by atoms with Crippen molar-refractivity contribution in [3.8, 4) is 0 Å². The Bertz CT molecular complexity index is 307. The van der Waals surface area contributed by atoms with Crippen LogP contribution in [0.1, 0.15) is 18.1 Å². The molecule has 2 atom stereocenters. The zero-order valence-electron chi connectivity index (χ0n) is 7.01. The van der Waals surface area contributed by atoms with Crippen LogP contribution in [0.15, 0.2) is 30.3 Å². The number of carbonyl (C=O) groups excluding carboxylic acids is 1. The van der Waals surface area contributed by atoms with Crippen LogP contribution in [-0.2, 0) is 9.53 Å². The van der Waals surface area contributed by atoms with Crippen LogP contribution in [0.25, 0.3) is 0 Å². The summed E-state index contributed by atoms with van der Waals surface area (Å²) in [4.78, 5) is 10.9. The van der Waals surface area contributed by atoms with Crippen molar-refractivity contribution in [2.75, 3.05) is 0 Å². The van der Waals surface area contributed by atoms with E-state index in [0.717, 1.165) is 5.56 Å². The lowest BCUT2D eigenvalue weighted by molar-refractivity contribution is -0.142. The first kappa shape index (κ1) is 8.26. The lowest BCUT2D eigenvalue weighted by atomic mass is 10.0. The topological polar surface area (TPSA) is 46.5 Å². The number of rotatable bonds is 1. The summed E-state index contributed by atoms with van der Waals surface area (Å²) in [5.74, 6) is -0.332. The summed E-state index contributed by atoms with van der Waals surface area (Å²) in [7, 11) is 0. The number of cyclic esters (lactones) is 1. The molecule has 0 spiro atoms. The zero-order valence-corrected chi connectivity index (χ0v) is 7.01. The Balaban J connectivity index is 2.23. The van der Waals surface area contributed by atoms with Crippen molar-refractivity contribution in [3.63, 3.8) is 0 Å². The lowest BCUT2D eigenvalue weighted by Gasteiger charge is -2.12. The maximum Gasteiger partial charge on any atom is 0.309 e. The van der Waals surface area contributed by atoms with E-state index in [1.54, 1.807) is 0 Å². The molecule has 13 heavy (non-hydrogen) atoms. The van der Waals surface area contributed by atoms with Crippen molar-refractivity contribution in [2.45, 2.75) is 18.6 Å². The third-order valence-corrected chi connectivity index (χ3v) is 2.11. The predicted molar refractivity (Wildman–Crippen MR) is 45.9 cm³/mol. The molecule has 3 nitrogen and oxygen atoms in total. The Morgan fingerprint density at radius 3 is 2.54 bits per heavy atom. The van der Waals surface area contributed by atoms with Gasteiger partial charge >= 0.3 is 5.97 Å². The van der Waals surface area contributed by atoms with Gasteiger partial charge in [0, 0.05) is 0 Å². The fraction of sp³-hybridized carbons (Fsp3) is 0.300. The number of hydrogen-bond donors (Lipinski definition) is 1. The van der Waals surface area contributed by atoms with Gasteiger partial charge in [0.05, 0.1) is 6.42 Å². The first-order valence-corrected chi connectivity index (χ1v) is 4.20. The summed E-state index contributed by atoms with van der Waals surface area (Å²) in [6, 6.07) is 9.27. The van der Waals surface area contributed by atoms with E-state index in [9.17, 15) is 9.90 Å². The number of esters is 1. The summed E-state index contributed by atoms with van der Waals surface area (Å²) in [5, 5.41) is 9.47. The second kappa shape index (κ2) is 3.18. The molecule has 0 aromatic heterocycles. The number of aliphatic hydroxyl groups is 1. The monoisotopic (exact) mass is 178 g/mol. The summed E-state index contributed by atoms with van der Waals surface area (Å²) in [6.45, 7) is 0. The first-order chi connectivity index (χ1) is 6.27. The van der Waals surface area contributed by atoms with Gasteiger partial charge in [-0.25, -0.2) is 0 Å². The van der Waals surface area contributed by atoms with E-state index in [1.165, 1.54) is 0 Å². The molecular formula is C10H10O3. The van der Waals surface area contributed by atoms with Gasteiger partial charge in [-0.15, -0.1) is 0 Å². The number of aliphatic hydroxyl groups excluding tert-OH is 1. The van der Waals surface area contributed by atoms with Crippen molar-refractivity contribution < 1.29 is 14.6 Å². The van der Waals surface area contributed by atoms with E-state index in [2.05, 4.69) is 0 Å². The molecule has 0 radical (unpaired) electrons. The Labute approximate surface area is 76.0 Å². The van der Waals surface area contributed by atoms with Gasteiger partial charge < -0.3 is 9.84 Å². The van der Waals surface area contributed by atoms with Gasteiger partial charge in [0.2, 0.25) is 0 Å². The van der Waals surface area contributed by atoms with Gasteiger partial charge in [0.25, 0.3) is 0 Å². The Hall–Kier alpha value is -1.35. The maximum absolute atomic E-state index is 10.9. The highest BCUT2D eigenvalue weighted by Crippen LogP contribution is 2.29. The summed E-state index contributed by atoms with van der Waals surface area (Å²) >= 11 is 0. The van der Waals surface area contributed by atoms with Crippen LogP contribution in [0.5, 0.6) is 0 Å². The fourth-order valence-electron chi connectivity index (χ4n) is 1.48. The van der Waals surface area contributed by atoms with Crippen molar-refractivity contribution in [1.82, 2.24) is 0 Å². The minimum absolute atomic E-state index is 0.0968. The van der Waals surface area contributed by atoms with Gasteiger partial charge in [-0.3, -0.25) is 4.79 Å². The molecule has 1 aliphatic heterocycles. The van der Waals surface area contributed by atoms with E-state index in [-0.39, 0.29) is 12.4 Å². The second-order valence-corrected chi connectivity index (χ2v) is 3.09. The number of hydrogen-bond acceptors (Lipinski definition) is 3. The average Bonchev–Trinajstić information content (AvgIpc) is 2.47. The lowest BCUT2D eigenvalue weighted by Crippen LogP contribution is -2.11. The Kier molecular flexibility index (Phi) is 2.02. The fourth-order valence-corrected chi connectivity index (χ4v) is 1.48. The molecule has 0 bridgehead atoms. The van der Waals surface area contributed by atoms with E-state index >= 15 is 0 Å². The molecule has 1 aromatic carbocycles. The van der Waals surface area contributed by atoms with E-state index < -0.39 is 12.2 Å². The second-order valence-electron chi connectivity index (χ2n) is 3.09. The number of benzene rings is 1. The van der Waals surface area contributed by atoms with Crippen molar-refractivity contribution in [1.29, 1.82) is 0 Å². The molecule has 1 N–H and O–H groups in total. The van der Waals surface area contributed by atoms with Crippen molar-refractivity contribution >= 4 is 5.97 Å². The third kappa shape index (κ3) is 1.55. The highest BCUT2D eigenvalue weighted by atomic mass is 16.6. The molecule has 1 aliphatic rings. The van der Waals surface area contributed by atoms with Crippen LogP contribution in [0.3, 0.4) is 0 Å². The smallest absolute Gasteiger partial charge is 0.309 e. The van der Waals surface area contributed by atoms with Crippen LogP contribution < -0.4 is 0 Å². The summed E-state index contributed by atoms with van der Waals surface area (Å²) < 4.78 is 4.97. The van der Waals surface area contributed by atoms with Crippen LogP contribution in [0, 0.1) is 0 Å². The maximum atomic E-state index is 10.9. The van der Waals surface area contributed by atoms with Crippen LogP contribution in [-0.4, -0.2) is 17.2 Å². The Morgan fingerprint density at radius 2 is 2.00 bits per heavy atom. The molecule has 1 heterocycles. The summed E-state index contributed by atoms with van der Waals surface area (Å²) in [6.07, 6.45) is -1.08. The number of ether oxygens (including phenoxy) is 1. The minimum atomic E-state index is -0.699. The first-order valence-electron chi connectivity index (χ1n) is 4.20. The molecule has 1 fully saturated rings. The van der Waals surface area contributed by atoms with Crippen LogP contribution in [0.4, 0.5) is 0 Å². The molecule has 1 aromatic rings.